The number of rotatable bonds is 4. The van der Waals surface area contributed by atoms with Gasteiger partial charge in [0.25, 0.3) is 6.02 Å². The number of nitrogens with zero attached hydrogens (tertiary/aromatic N) is 1. The first-order valence-corrected chi connectivity index (χ1v) is 11.4. The Balaban J connectivity index is 1.51. The van der Waals surface area contributed by atoms with Crippen LogP contribution in [0.1, 0.15) is 55.0 Å². The van der Waals surface area contributed by atoms with Gasteiger partial charge in [-0.2, -0.15) is 0 Å². The van der Waals surface area contributed by atoms with Crippen LogP contribution < -0.4 is 11.1 Å². The fourth-order valence-corrected chi connectivity index (χ4v) is 5.83. The van der Waals surface area contributed by atoms with Gasteiger partial charge in [0, 0.05) is 16.1 Å². The van der Waals surface area contributed by atoms with Crippen molar-refractivity contribution in [2.24, 2.45) is 22.6 Å². The van der Waals surface area contributed by atoms with Crippen LogP contribution in [0, 0.1) is 18.8 Å². The average Bonchev–Trinajstić information content (AvgIpc) is 3.35. The van der Waals surface area contributed by atoms with Crippen LogP contribution in [0.4, 0.5) is 5.69 Å². The summed E-state index contributed by atoms with van der Waals surface area (Å²) in [5.74, 6) is 0.756. The van der Waals surface area contributed by atoms with E-state index in [4.69, 9.17) is 15.5 Å². The van der Waals surface area contributed by atoms with Crippen molar-refractivity contribution in [2.75, 3.05) is 5.32 Å². The van der Waals surface area contributed by atoms with Gasteiger partial charge in [0.2, 0.25) is 0 Å². The molecular weight excluding hydrogens is 426 g/mol. The van der Waals surface area contributed by atoms with E-state index in [-0.39, 0.29) is 11.6 Å². The summed E-state index contributed by atoms with van der Waals surface area (Å²) in [5, 5.41) is 3.79. The van der Waals surface area contributed by atoms with Gasteiger partial charge in [-0.1, -0.05) is 41.9 Å². The fraction of sp³-hybridized carbons (Fsp3) is 0.458. The second-order valence-electron chi connectivity index (χ2n) is 9.04. The number of ether oxygens (including phenoxy) is 1. The molecule has 0 bridgehead atoms. The highest BCUT2D eigenvalue weighted by atomic mass is 79.9. The van der Waals surface area contributed by atoms with Gasteiger partial charge in [-0.15, -0.1) is 0 Å². The number of aryl methyl sites for hydroxylation is 2. The van der Waals surface area contributed by atoms with Crippen molar-refractivity contribution < 1.29 is 4.74 Å². The summed E-state index contributed by atoms with van der Waals surface area (Å²) in [4.78, 5) is 4.92. The van der Waals surface area contributed by atoms with Crippen LogP contribution in [-0.2, 0) is 16.7 Å². The number of anilines is 1. The van der Waals surface area contributed by atoms with Gasteiger partial charge < -0.3 is 15.8 Å². The van der Waals surface area contributed by atoms with Gasteiger partial charge in [0.15, 0.2) is 0 Å². The minimum absolute atomic E-state index is 0.214. The number of benzene rings is 2. The van der Waals surface area contributed by atoms with E-state index in [1.54, 1.807) is 0 Å². The first-order chi connectivity index (χ1) is 13.9. The van der Waals surface area contributed by atoms with Crippen LogP contribution in [0.25, 0.3) is 0 Å². The highest BCUT2D eigenvalue weighted by Gasteiger charge is 2.60. The fourth-order valence-electron chi connectivity index (χ4n) is 5.42. The van der Waals surface area contributed by atoms with E-state index in [1.807, 2.05) is 0 Å². The lowest BCUT2D eigenvalue weighted by Crippen LogP contribution is -2.41. The number of hydrogen-bond donors (Lipinski definition) is 2. The highest BCUT2D eigenvalue weighted by molar-refractivity contribution is 9.10. The molecule has 3 aliphatic rings. The highest BCUT2D eigenvalue weighted by Crippen LogP contribution is 2.57. The molecule has 0 saturated heterocycles. The second kappa shape index (κ2) is 6.76. The molecule has 1 fully saturated rings. The normalized spacial score (nSPS) is 29.7. The molecule has 1 heterocycles. The van der Waals surface area contributed by atoms with Gasteiger partial charge in [-0.05, 0) is 78.6 Å². The Hall–Kier alpha value is -2.01. The van der Waals surface area contributed by atoms with E-state index >= 15 is 0 Å². The lowest BCUT2D eigenvalue weighted by atomic mass is 9.74. The smallest absolute Gasteiger partial charge is 0.283 e. The van der Waals surface area contributed by atoms with Gasteiger partial charge in [-0.25, -0.2) is 4.99 Å². The summed E-state index contributed by atoms with van der Waals surface area (Å²) in [5.41, 5.74) is 12.3. The molecule has 0 aromatic heterocycles. The molecule has 0 spiro atoms. The molecule has 2 aromatic carbocycles. The Labute approximate surface area is 181 Å². The monoisotopic (exact) mass is 453 g/mol. The van der Waals surface area contributed by atoms with E-state index < -0.39 is 0 Å². The second-order valence-corrected chi connectivity index (χ2v) is 9.95. The van der Waals surface area contributed by atoms with E-state index in [9.17, 15) is 0 Å². The number of halogens is 1. The standard InChI is InChI=1S/C24H28BrN3O/c1-13(2)24(20-12-22(20)29-23(26)28-24)19-11-17(7-4-14(19)3)27-21-9-5-15-10-16(25)6-8-18(15)21/h4,6-8,10-11,13,20-22,27H,5,9,12H2,1-3H3,(H2,26,28)/t20-,21-,22+,24+/m0/s1. The van der Waals surface area contributed by atoms with Crippen LogP contribution in [-0.4, -0.2) is 12.1 Å². The number of nitrogens with two attached hydrogens (primary N) is 1. The summed E-state index contributed by atoms with van der Waals surface area (Å²) >= 11 is 3.59. The molecule has 1 aliphatic heterocycles. The van der Waals surface area contributed by atoms with Gasteiger partial charge in [-0.3, -0.25) is 0 Å². The number of aliphatic imine (C=N–C) groups is 1. The van der Waals surface area contributed by atoms with Gasteiger partial charge in [0.05, 0.1) is 6.04 Å². The Morgan fingerprint density at radius 3 is 2.86 bits per heavy atom. The zero-order valence-corrected chi connectivity index (χ0v) is 18.8. The molecule has 0 unspecified atom stereocenters. The van der Waals surface area contributed by atoms with Crippen molar-refractivity contribution in [3.8, 4) is 0 Å². The van der Waals surface area contributed by atoms with Crippen molar-refractivity contribution in [3.63, 3.8) is 0 Å². The Bertz CT molecular complexity index is 1000. The molecule has 5 rings (SSSR count). The molecule has 0 radical (unpaired) electrons. The van der Waals surface area contributed by atoms with Gasteiger partial charge in [0.1, 0.15) is 11.6 Å². The third kappa shape index (κ3) is 3.05. The average molecular weight is 454 g/mol. The number of nitrogens with one attached hydrogen (secondary N) is 1. The molecule has 2 aliphatic carbocycles. The summed E-state index contributed by atoms with van der Waals surface area (Å²) < 4.78 is 6.88. The molecule has 3 N–H and O–H groups in total. The van der Waals surface area contributed by atoms with Crippen molar-refractivity contribution in [1.29, 1.82) is 0 Å². The lowest BCUT2D eigenvalue weighted by Gasteiger charge is -2.38. The lowest BCUT2D eigenvalue weighted by molar-refractivity contribution is 0.161. The molecule has 0 amide bonds. The number of fused-ring (bicyclic) bond motifs is 2. The summed E-state index contributed by atoms with van der Waals surface area (Å²) in [6.45, 7) is 6.69. The van der Waals surface area contributed by atoms with Crippen molar-refractivity contribution in [2.45, 2.75) is 57.7 Å². The minimum Gasteiger partial charge on any atom is -0.462 e. The van der Waals surface area contributed by atoms with E-state index in [2.05, 4.69) is 78.4 Å². The quantitative estimate of drug-likeness (QED) is 0.647. The zero-order chi connectivity index (χ0) is 20.3. The largest absolute Gasteiger partial charge is 0.462 e. The van der Waals surface area contributed by atoms with E-state index in [0.29, 0.717) is 23.9 Å². The van der Waals surface area contributed by atoms with Crippen LogP contribution in [0.2, 0.25) is 0 Å². The predicted molar refractivity (Wildman–Crippen MR) is 121 cm³/mol. The number of amidine groups is 1. The van der Waals surface area contributed by atoms with E-state index in [1.165, 1.54) is 22.3 Å². The molecule has 4 nitrogen and oxygen atoms in total. The van der Waals surface area contributed by atoms with Crippen LogP contribution in [0.5, 0.6) is 0 Å². The summed E-state index contributed by atoms with van der Waals surface area (Å²) in [6.07, 6.45) is 3.48. The van der Waals surface area contributed by atoms with Crippen molar-refractivity contribution >= 4 is 27.6 Å². The minimum atomic E-state index is -0.298. The summed E-state index contributed by atoms with van der Waals surface area (Å²) in [6, 6.07) is 14.0. The first kappa shape index (κ1) is 19.0. The predicted octanol–water partition coefficient (Wildman–Crippen LogP) is 5.44. The van der Waals surface area contributed by atoms with Crippen LogP contribution in [0.3, 0.4) is 0 Å². The Kier molecular flexibility index (Phi) is 4.43. The topological polar surface area (TPSA) is 59.6 Å². The maximum atomic E-state index is 6.10. The van der Waals surface area contributed by atoms with Crippen molar-refractivity contribution in [1.82, 2.24) is 0 Å². The third-order valence-corrected chi connectivity index (χ3v) is 7.43. The Morgan fingerprint density at radius 1 is 1.24 bits per heavy atom. The molecule has 2 aromatic rings. The maximum Gasteiger partial charge on any atom is 0.283 e. The third-order valence-electron chi connectivity index (χ3n) is 6.94. The van der Waals surface area contributed by atoms with Crippen molar-refractivity contribution in [3.05, 3.63) is 63.1 Å². The van der Waals surface area contributed by atoms with Crippen LogP contribution in [0.15, 0.2) is 45.9 Å². The first-order valence-electron chi connectivity index (χ1n) is 10.6. The maximum absolute atomic E-state index is 6.10. The number of hydrogen-bond acceptors (Lipinski definition) is 4. The van der Waals surface area contributed by atoms with E-state index in [0.717, 1.165) is 29.4 Å². The molecule has 152 valence electrons. The SMILES string of the molecule is Cc1ccc(N[C@H]2CCc3cc(Br)ccc32)cc1[C@@]1(C(C)C)N=C(N)O[C@@H]2C[C@@H]21. The molecular formula is C24H28BrN3O. The Morgan fingerprint density at radius 2 is 2.07 bits per heavy atom. The molecule has 29 heavy (non-hydrogen) atoms. The summed E-state index contributed by atoms with van der Waals surface area (Å²) in [7, 11) is 0. The van der Waals surface area contributed by atoms with Crippen LogP contribution >= 0.6 is 15.9 Å². The molecule has 4 atom stereocenters. The zero-order valence-electron chi connectivity index (χ0n) is 17.2. The molecule has 5 heteroatoms. The molecule has 1 saturated carbocycles. The van der Waals surface area contributed by atoms with Gasteiger partial charge >= 0.3 is 0 Å².